The number of carbonyl (C=O) groups excluding carboxylic acids is 1. The molecule has 24 heavy (non-hydrogen) atoms. The average Bonchev–Trinajstić information content (AvgIpc) is 2.59. The average molecular weight is 329 g/mol. The number of hydrogen-bond acceptors (Lipinski definition) is 4. The molecule has 0 aromatic heterocycles. The second-order valence-corrected chi connectivity index (χ2v) is 6.64. The second-order valence-electron chi connectivity index (χ2n) is 6.64. The first-order valence-electron chi connectivity index (χ1n) is 8.74. The van der Waals surface area contributed by atoms with Crippen molar-refractivity contribution < 1.29 is 9.53 Å². The van der Waals surface area contributed by atoms with Gasteiger partial charge in [-0.3, -0.25) is 4.79 Å². The fourth-order valence-corrected chi connectivity index (χ4v) is 2.88. The molecule has 1 aromatic rings. The largest absolute Gasteiger partial charge is 0.494 e. The number of ether oxygens (including phenoxy) is 1. The molecule has 1 aliphatic rings. The highest BCUT2D eigenvalue weighted by atomic mass is 16.5. The highest BCUT2D eigenvalue weighted by molar-refractivity contribution is 5.78. The lowest BCUT2D eigenvalue weighted by Gasteiger charge is -2.33. The van der Waals surface area contributed by atoms with Gasteiger partial charge >= 0.3 is 0 Å². The molecule has 1 aliphatic heterocycles. The van der Waals surface area contributed by atoms with Crippen LogP contribution in [0.5, 0.6) is 5.75 Å². The Labute approximate surface area is 144 Å². The van der Waals surface area contributed by atoms with E-state index in [2.05, 4.69) is 16.3 Å². The van der Waals surface area contributed by atoms with Gasteiger partial charge in [0.1, 0.15) is 5.75 Å². The van der Waals surface area contributed by atoms with Crippen LogP contribution in [-0.2, 0) is 4.79 Å². The minimum Gasteiger partial charge on any atom is -0.494 e. The number of nitrogens with one attached hydrogen (secondary N) is 1. The fraction of sp³-hybridized carbons (Fsp3) is 0.579. The number of likely N-dealkylation sites (tertiary alicyclic amines) is 1. The van der Waals surface area contributed by atoms with Gasteiger partial charge in [0.2, 0.25) is 5.91 Å². The van der Waals surface area contributed by atoms with Crippen LogP contribution in [0.3, 0.4) is 0 Å². The minimum atomic E-state index is 0.0398. The van der Waals surface area contributed by atoms with Crippen molar-refractivity contribution >= 4 is 5.91 Å². The topological polar surface area (TPSA) is 65.4 Å². The molecule has 5 heteroatoms. The van der Waals surface area contributed by atoms with Gasteiger partial charge in [-0.1, -0.05) is 19.9 Å². The zero-order chi connectivity index (χ0) is 17.4. The van der Waals surface area contributed by atoms with E-state index >= 15 is 0 Å². The van der Waals surface area contributed by atoms with Crippen LogP contribution in [0.1, 0.15) is 38.7 Å². The van der Waals surface area contributed by atoms with E-state index in [-0.39, 0.29) is 17.9 Å². The predicted molar refractivity (Wildman–Crippen MR) is 93.7 cm³/mol. The van der Waals surface area contributed by atoms with Crippen LogP contribution < -0.4 is 10.1 Å². The predicted octanol–water partition coefficient (Wildman–Crippen LogP) is 2.56. The van der Waals surface area contributed by atoms with Gasteiger partial charge in [0.25, 0.3) is 0 Å². The standard InChI is InChI=1S/C19H27N3O2/c1-15(2)19(23)21-17-7-4-9-22(14-17)10-5-11-24-18-8-3-6-16(12-18)13-20/h3,6,8,12,15,17H,4-5,7,9-11,14H2,1-2H3,(H,21,23)/t17-/m1/s1. The molecule has 0 spiro atoms. The molecule has 130 valence electrons. The van der Waals surface area contributed by atoms with E-state index < -0.39 is 0 Å². The van der Waals surface area contributed by atoms with Gasteiger partial charge in [-0.15, -0.1) is 0 Å². The summed E-state index contributed by atoms with van der Waals surface area (Å²) in [5.74, 6) is 0.926. The first-order chi connectivity index (χ1) is 11.6. The summed E-state index contributed by atoms with van der Waals surface area (Å²) in [5, 5.41) is 12.0. The van der Waals surface area contributed by atoms with Crippen LogP contribution in [0.15, 0.2) is 24.3 Å². The number of nitrogens with zero attached hydrogens (tertiary/aromatic N) is 2. The molecule has 1 atom stereocenters. The Morgan fingerprint density at radius 1 is 1.50 bits per heavy atom. The molecule has 1 heterocycles. The van der Waals surface area contributed by atoms with Crippen molar-refractivity contribution in [2.45, 2.75) is 39.2 Å². The molecule has 2 rings (SSSR count). The highest BCUT2D eigenvalue weighted by Crippen LogP contribution is 2.14. The molecule has 0 bridgehead atoms. The zero-order valence-electron chi connectivity index (χ0n) is 14.6. The van der Waals surface area contributed by atoms with Crippen LogP contribution in [0.2, 0.25) is 0 Å². The Kier molecular flexibility index (Phi) is 7.07. The lowest BCUT2D eigenvalue weighted by atomic mass is 10.0. The maximum Gasteiger partial charge on any atom is 0.222 e. The third kappa shape index (κ3) is 5.86. The Balaban J connectivity index is 1.68. The Bertz CT molecular complexity index is 580. The summed E-state index contributed by atoms with van der Waals surface area (Å²) in [6.07, 6.45) is 3.11. The smallest absolute Gasteiger partial charge is 0.222 e. The third-order valence-electron chi connectivity index (χ3n) is 4.23. The van der Waals surface area contributed by atoms with Crippen LogP contribution in [0.25, 0.3) is 0 Å². The van der Waals surface area contributed by atoms with Crippen molar-refractivity contribution in [3.63, 3.8) is 0 Å². The van der Waals surface area contributed by atoms with Gasteiger partial charge in [0.05, 0.1) is 18.2 Å². The van der Waals surface area contributed by atoms with E-state index in [1.807, 2.05) is 26.0 Å². The molecule has 5 nitrogen and oxygen atoms in total. The lowest BCUT2D eigenvalue weighted by Crippen LogP contribution is -2.48. The Hall–Kier alpha value is -2.06. The monoisotopic (exact) mass is 329 g/mol. The van der Waals surface area contributed by atoms with E-state index in [0.717, 1.165) is 44.6 Å². The van der Waals surface area contributed by atoms with Gasteiger partial charge in [-0.05, 0) is 44.0 Å². The SMILES string of the molecule is CC(C)C(=O)N[C@@H]1CCCN(CCCOc2cccc(C#N)c2)C1. The lowest BCUT2D eigenvalue weighted by molar-refractivity contribution is -0.125. The fourth-order valence-electron chi connectivity index (χ4n) is 2.88. The molecule has 0 aliphatic carbocycles. The zero-order valence-corrected chi connectivity index (χ0v) is 14.6. The van der Waals surface area contributed by atoms with Crippen LogP contribution in [0, 0.1) is 17.2 Å². The first-order valence-corrected chi connectivity index (χ1v) is 8.74. The Morgan fingerprint density at radius 2 is 2.33 bits per heavy atom. The minimum absolute atomic E-state index is 0.0398. The second kappa shape index (κ2) is 9.29. The van der Waals surface area contributed by atoms with Gasteiger partial charge in [0.15, 0.2) is 0 Å². The van der Waals surface area contributed by atoms with Crippen molar-refractivity contribution in [3.05, 3.63) is 29.8 Å². The number of benzene rings is 1. The van der Waals surface area contributed by atoms with Crippen molar-refractivity contribution in [2.24, 2.45) is 5.92 Å². The van der Waals surface area contributed by atoms with E-state index in [1.165, 1.54) is 0 Å². The third-order valence-corrected chi connectivity index (χ3v) is 4.23. The number of hydrogen-bond donors (Lipinski definition) is 1. The first kappa shape index (κ1) is 18.3. The number of piperidine rings is 1. The van der Waals surface area contributed by atoms with Crippen molar-refractivity contribution in [3.8, 4) is 11.8 Å². The molecule has 1 saturated heterocycles. The maximum absolute atomic E-state index is 11.8. The van der Waals surface area contributed by atoms with Gasteiger partial charge in [0, 0.05) is 25.0 Å². The Morgan fingerprint density at radius 3 is 3.08 bits per heavy atom. The molecular formula is C19H27N3O2. The van der Waals surface area contributed by atoms with Crippen molar-refractivity contribution in [1.29, 1.82) is 5.26 Å². The summed E-state index contributed by atoms with van der Waals surface area (Å²) in [4.78, 5) is 14.2. The number of amides is 1. The van der Waals surface area contributed by atoms with E-state index in [9.17, 15) is 4.79 Å². The molecule has 1 amide bonds. The number of nitriles is 1. The highest BCUT2D eigenvalue weighted by Gasteiger charge is 2.21. The summed E-state index contributed by atoms with van der Waals surface area (Å²) in [5.41, 5.74) is 0.618. The molecular weight excluding hydrogens is 302 g/mol. The summed E-state index contributed by atoms with van der Waals surface area (Å²) < 4.78 is 5.71. The van der Waals surface area contributed by atoms with E-state index in [4.69, 9.17) is 10.00 Å². The molecule has 0 unspecified atom stereocenters. The number of rotatable bonds is 7. The van der Waals surface area contributed by atoms with E-state index in [0.29, 0.717) is 12.2 Å². The molecule has 1 N–H and O–H groups in total. The normalized spacial score (nSPS) is 18.2. The molecule has 1 fully saturated rings. The van der Waals surface area contributed by atoms with Gasteiger partial charge < -0.3 is 15.0 Å². The van der Waals surface area contributed by atoms with Gasteiger partial charge in [-0.25, -0.2) is 0 Å². The van der Waals surface area contributed by atoms with Crippen LogP contribution in [0.4, 0.5) is 0 Å². The van der Waals surface area contributed by atoms with Crippen molar-refractivity contribution in [1.82, 2.24) is 10.2 Å². The van der Waals surface area contributed by atoms with Crippen molar-refractivity contribution in [2.75, 3.05) is 26.2 Å². The summed E-state index contributed by atoms with van der Waals surface area (Å²) >= 11 is 0. The molecule has 1 aromatic carbocycles. The van der Waals surface area contributed by atoms with Crippen LogP contribution >= 0.6 is 0 Å². The molecule has 0 saturated carbocycles. The summed E-state index contributed by atoms with van der Waals surface area (Å²) in [6, 6.07) is 9.62. The number of carbonyl (C=O) groups is 1. The summed E-state index contributed by atoms with van der Waals surface area (Å²) in [7, 11) is 0. The maximum atomic E-state index is 11.8. The quantitative estimate of drug-likeness (QED) is 0.781. The van der Waals surface area contributed by atoms with Crippen LogP contribution in [-0.4, -0.2) is 43.1 Å². The van der Waals surface area contributed by atoms with E-state index in [1.54, 1.807) is 12.1 Å². The van der Waals surface area contributed by atoms with Gasteiger partial charge in [-0.2, -0.15) is 5.26 Å². The molecule has 0 radical (unpaired) electrons. The summed E-state index contributed by atoms with van der Waals surface area (Å²) in [6.45, 7) is 7.45.